The summed E-state index contributed by atoms with van der Waals surface area (Å²) < 4.78 is 23.6. The number of anilines is 1. The van der Waals surface area contributed by atoms with Crippen molar-refractivity contribution in [3.63, 3.8) is 0 Å². The molecule has 0 atom stereocenters. The van der Waals surface area contributed by atoms with Crippen LogP contribution >= 0.6 is 0 Å². The summed E-state index contributed by atoms with van der Waals surface area (Å²) in [4.78, 5) is 12.9. The maximum absolute atomic E-state index is 11.8. The van der Waals surface area contributed by atoms with E-state index < -0.39 is 9.84 Å². The van der Waals surface area contributed by atoms with Crippen molar-refractivity contribution in [2.75, 3.05) is 24.2 Å². The molecule has 1 aromatic carbocycles. The predicted octanol–water partition coefficient (Wildman–Crippen LogP) is 1.54. The second-order valence-electron chi connectivity index (χ2n) is 4.60. The van der Waals surface area contributed by atoms with E-state index in [9.17, 15) is 13.2 Å². The van der Waals surface area contributed by atoms with Crippen molar-refractivity contribution in [2.45, 2.75) is 24.2 Å². The Morgan fingerprint density at radius 1 is 1.17 bits per heavy atom. The summed E-state index contributed by atoms with van der Waals surface area (Å²) >= 11 is 0. The Bertz CT molecular complexity index is 545. The van der Waals surface area contributed by atoms with E-state index in [-0.39, 0.29) is 10.5 Å². The van der Waals surface area contributed by atoms with Crippen molar-refractivity contribution >= 4 is 21.8 Å². The van der Waals surface area contributed by atoms with Crippen molar-refractivity contribution in [1.29, 1.82) is 0 Å². The lowest BCUT2D eigenvalue weighted by atomic mass is 10.1. The Kier molecular flexibility index (Phi) is 3.71. The van der Waals surface area contributed by atoms with Gasteiger partial charge in [-0.05, 0) is 37.5 Å². The van der Waals surface area contributed by atoms with Gasteiger partial charge in [0.2, 0.25) is 6.29 Å². The molecule has 0 saturated carbocycles. The molecule has 2 rings (SSSR count). The van der Waals surface area contributed by atoms with E-state index in [1.807, 2.05) is 0 Å². The topological polar surface area (TPSA) is 54.5 Å². The highest BCUT2D eigenvalue weighted by Crippen LogP contribution is 2.28. The fourth-order valence-corrected chi connectivity index (χ4v) is 3.19. The highest BCUT2D eigenvalue weighted by atomic mass is 32.2. The van der Waals surface area contributed by atoms with Gasteiger partial charge in [0, 0.05) is 24.9 Å². The maximum Gasteiger partial charge on any atom is 0.233 e. The second-order valence-corrected chi connectivity index (χ2v) is 6.59. The second kappa shape index (κ2) is 5.10. The number of hydrogen-bond donors (Lipinski definition) is 0. The van der Waals surface area contributed by atoms with Crippen molar-refractivity contribution in [3.05, 3.63) is 23.8 Å². The molecule has 0 unspecified atom stereocenters. The van der Waals surface area contributed by atoms with Gasteiger partial charge in [-0.3, -0.25) is 4.79 Å². The number of hydrogen-bond acceptors (Lipinski definition) is 4. The van der Waals surface area contributed by atoms with E-state index in [4.69, 9.17) is 0 Å². The van der Waals surface area contributed by atoms with Crippen molar-refractivity contribution in [3.8, 4) is 0 Å². The van der Waals surface area contributed by atoms with E-state index in [2.05, 4.69) is 4.90 Å². The fraction of sp³-hybridized carbons (Fsp3) is 0.462. The average molecular weight is 266 g/mol. The lowest BCUT2D eigenvalue weighted by Crippen LogP contribution is -2.30. The van der Waals surface area contributed by atoms with Gasteiger partial charge in [-0.15, -0.1) is 0 Å². The molecule has 1 aliphatic rings. The molecule has 5 heteroatoms. The Hall–Kier alpha value is -1.36. The molecule has 1 radical (unpaired) electrons. The highest BCUT2D eigenvalue weighted by molar-refractivity contribution is 7.90. The Labute approximate surface area is 108 Å². The monoisotopic (exact) mass is 266 g/mol. The van der Waals surface area contributed by atoms with Crippen LogP contribution in [0.3, 0.4) is 0 Å². The zero-order valence-electron chi connectivity index (χ0n) is 10.3. The Balaban J connectivity index is 2.48. The first-order chi connectivity index (χ1) is 8.52. The largest absolute Gasteiger partial charge is 0.370 e. The van der Waals surface area contributed by atoms with Gasteiger partial charge in [0.05, 0.1) is 10.6 Å². The first-order valence-electron chi connectivity index (χ1n) is 5.99. The summed E-state index contributed by atoms with van der Waals surface area (Å²) in [5.41, 5.74) is 0.979. The van der Waals surface area contributed by atoms with Gasteiger partial charge in [0.15, 0.2) is 9.84 Å². The molecule has 1 aromatic rings. The van der Waals surface area contributed by atoms with Gasteiger partial charge in [-0.2, -0.15) is 0 Å². The molecule has 1 aliphatic heterocycles. The van der Waals surface area contributed by atoms with Crippen molar-refractivity contribution < 1.29 is 13.2 Å². The molecule has 1 saturated heterocycles. The lowest BCUT2D eigenvalue weighted by molar-refractivity contribution is 0.562. The summed E-state index contributed by atoms with van der Waals surface area (Å²) in [6.07, 6.45) is 6.24. The molecular weight excluding hydrogens is 250 g/mol. The first kappa shape index (κ1) is 13.1. The van der Waals surface area contributed by atoms with Crippen molar-refractivity contribution in [2.24, 2.45) is 0 Å². The van der Waals surface area contributed by atoms with E-state index in [1.165, 1.54) is 18.7 Å². The number of sulfone groups is 1. The summed E-state index contributed by atoms with van der Waals surface area (Å²) in [6.45, 7) is 1.74. The van der Waals surface area contributed by atoms with Crippen LogP contribution in [0.25, 0.3) is 0 Å². The van der Waals surface area contributed by atoms with E-state index in [1.54, 1.807) is 18.4 Å². The fourth-order valence-electron chi connectivity index (χ4n) is 2.27. The molecule has 1 heterocycles. The van der Waals surface area contributed by atoms with Crippen LogP contribution in [0.1, 0.15) is 24.8 Å². The zero-order valence-corrected chi connectivity index (χ0v) is 11.2. The molecular formula is C13H16NO3S. The Morgan fingerprint density at radius 2 is 1.83 bits per heavy atom. The minimum atomic E-state index is -3.34. The Morgan fingerprint density at radius 3 is 2.39 bits per heavy atom. The van der Waals surface area contributed by atoms with Gasteiger partial charge in [-0.25, -0.2) is 8.42 Å². The van der Waals surface area contributed by atoms with Gasteiger partial charge >= 0.3 is 0 Å². The van der Waals surface area contributed by atoms with Crippen LogP contribution in [-0.4, -0.2) is 34.0 Å². The summed E-state index contributed by atoms with van der Waals surface area (Å²) in [7, 11) is -3.34. The highest BCUT2D eigenvalue weighted by Gasteiger charge is 2.20. The number of rotatable bonds is 3. The number of benzene rings is 1. The predicted molar refractivity (Wildman–Crippen MR) is 70.4 cm³/mol. The standard InChI is InChI=1S/C13H16NO3S/c1-18(16,17)13-9-11(10-15)5-6-12(13)14-7-3-2-4-8-14/h5-6,9H,2-4,7-8H2,1H3. The molecule has 18 heavy (non-hydrogen) atoms. The number of carbonyl (C=O) groups excluding carboxylic acids is 1. The van der Waals surface area contributed by atoms with Crippen LogP contribution in [0.5, 0.6) is 0 Å². The van der Waals surface area contributed by atoms with E-state index >= 15 is 0 Å². The molecule has 1 fully saturated rings. The molecule has 0 N–H and O–H groups in total. The van der Waals surface area contributed by atoms with Crippen molar-refractivity contribution in [1.82, 2.24) is 0 Å². The summed E-state index contributed by atoms with van der Waals surface area (Å²) in [5, 5.41) is 0. The summed E-state index contributed by atoms with van der Waals surface area (Å²) in [6, 6.07) is 4.74. The van der Waals surface area contributed by atoms with Crippen LogP contribution in [0, 0.1) is 0 Å². The minimum absolute atomic E-state index is 0.227. The summed E-state index contributed by atoms with van der Waals surface area (Å²) in [5.74, 6) is 0. The van der Waals surface area contributed by atoms with Crippen LogP contribution in [0.15, 0.2) is 23.1 Å². The zero-order chi connectivity index (χ0) is 13.2. The third kappa shape index (κ3) is 2.72. The third-order valence-corrected chi connectivity index (χ3v) is 4.30. The van der Waals surface area contributed by atoms with Crippen LogP contribution < -0.4 is 4.90 Å². The normalized spacial score (nSPS) is 16.6. The molecule has 97 valence electrons. The number of nitrogens with zero attached hydrogens (tertiary/aromatic N) is 1. The molecule has 4 nitrogen and oxygen atoms in total. The molecule has 0 spiro atoms. The van der Waals surface area contributed by atoms with Gasteiger partial charge in [0.1, 0.15) is 0 Å². The molecule has 0 aromatic heterocycles. The molecule has 0 aliphatic carbocycles. The smallest absolute Gasteiger partial charge is 0.233 e. The minimum Gasteiger partial charge on any atom is -0.370 e. The maximum atomic E-state index is 11.8. The van der Waals surface area contributed by atoms with Gasteiger partial charge < -0.3 is 4.90 Å². The lowest BCUT2D eigenvalue weighted by Gasteiger charge is -2.30. The third-order valence-electron chi connectivity index (χ3n) is 3.17. The average Bonchev–Trinajstić information content (AvgIpc) is 2.38. The van der Waals surface area contributed by atoms with Crippen LogP contribution in [0.4, 0.5) is 5.69 Å². The SMILES string of the molecule is CS(=O)(=O)c1cc([C]=O)ccc1N1CCCCC1. The quantitative estimate of drug-likeness (QED) is 0.832. The van der Waals surface area contributed by atoms with Crippen LogP contribution in [-0.2, 0) is 14.6 Å². The number of piperidine rings is 1. The van der Waals surface area contributed by atoms with Gasteiger partial charge in [-0.1, -0.05) is 0 Å². The molecule has 0 bridgehead atoms. The van der Waals surface area contributed by atoms with Crippen LogP contribution in [0.2, 0.25) is 0 Å². The molecule has 0 amide bonds. The van der Waals surface area contributed by atoms with E-state index in [0.717, 1.165) is 25.9 Å². The van der Waals surface area contributed by atoms with E-state index in [0.29, 0.717) is 5.69 Å². The first-order valence-corrected chi connectivity index (χ1v) is 7.89. The van der Waals surface area contributed by atoms with Gasteiger partial charge in [0.25, 0.3) is 0 Å².